The number of aryl methyl sites for hydroxylation is 2. The molecule has 4 aromatic carbocycles. The lowest BCUT2D eigenvalue weighted by Crippen LogP contribution is -2.46. The van der Waals surface area contributed by atoms with Gasteiger partial charge in [-0.3, -0.25) is 9.59 Å². The normalized spacial score (nSPS) is 22.5. The molecule has 5 aromatic rings. The molecule has 0 radical (unpaired) electrons. The maximum absolute atomic E-state index is 14.7. The van der Waals surface area contributed by atoms with Crippen LogP contribution < -0.4 is 19.4 Å². The van der Waals surface area contributed by atoms with E-state index >= 15 is 0 Å². The predicted molar refractivity (Wildman–Crippen MR) is 255 cm³/mol. The fraction of sp³-hybridized carbons (Fsp3) is 0.364. The topological polar surface area (TPSA) is 70.2 Å². The van der Waals surface area contributed by atoms with Gasteiger partial charge in [-0.05, 0) is 182 Å². The molecule has 6 aliphatic rings. The first-order chi connectivity index (χ1) is 30.8. The van der Waals surface area contributed by atoms with Crippen LogP contribution in [0.3, 0.4) is 0 Å². The Morgan fingerprint density at radius 3 is 1.76 bits per heavy atom. The number of anilines is 3. The van der Waals surface area contributed by atoms with Crippen LogP contribution in [0.2, 0.25) is 0 Å². The van der Waals surface area contributed by atoms with Gasteiger partial charge in [0.1, 0.15) is 5.75 Å². The highest BCUT2D eigenvalue weighted by Crippen LogP contribution is 2.58. The van der Waals surface area contributed by atoms with Gasteiger partial charge in [0.15, 0.2) is 0 Å². The van der Waals surface area contributed by atoms with Crippen LogP contribution in [0, 0.1) is 23.7 Å². The molecule has 1 aromatic heterocycles. The number of benzene rings is 4. The number of carbonyl (C=O) groups is 3. The van der Waals surface area contributed by atoms with Gasteiger partial charge in [-0.15, -0.1) is 11.3 Å². The standard InChI is InChI=1S/C55H57N3O4S/c1-3-5-36-7-12-42(13-8-36)55(61)62-48-22-14-41(15-23-48)50-34-38(35-63-50)11-24-49-52(51-43-30-39-29-40(32-43)33-44(51)31-39)54(60)58(53(49)59)47-20-18-46(19-21-47)57-27-25-56(26-28-57)45-16-9-37(6-4-2)10-17-45/h7-10,12-24,34-35,39-40,43-44H,3-6,11,25-33H2,1-2H3. The lowest BCUT2D eigenvalue weighted by Gasteiger charge is -2.52. The Hall–Kier alpha value is -5.73. The summed E-state index contributed by atoms with van der Waals surface area (Å²) in [6.45, 7) is 8.06. The summed E-state index contributed by atoms with van der Waals surface area (Å²) in [6.07, 6.45) is 12.8. The molecule has 4 bridgehead atoms. The van der Waals surface area contributed by atoms with Crippen LogP contribution in [-0.4, -0.2) is 44.0 Å². The first kappa shape index (κ1) is 41.3. The smallest absolute Gasteiger partial charge is 0.343 e. The molecular weight excluding hydrogens is 799 g/mol. The number of hydrogen-bond acceptors (Lipinski definition) is 7. The lowest BCUT2D eigenvalue weighted by atomic mass is 9.53. The Kier molecular flexibility index (Phi) is 11.7. The predicted octanol–water partition coefficient (Wildman–Crippen LogP) is 11.7. The van der Waals surface area contributed by atoms with Gasteiger partial charge in [0, 0.05) is 48.0 Å². The zero-order valence-electron chi connectivity index (χ0n) is 36.6. The minimum Gasteiger partial charge on any atom is -0.423 e. The number of rotatable bonds is 12. The monoisotopic (exact) mass is 855 g/mol. The number of carbonyl (C=O) groups excluding carboxylic acids is 3. The van der Waals surface area contributed by atoms with Crippen LogP contribution in [0.25, 0.3) is 10.4 Å². The second kappa shape index (κ2) is 17.8. The van der Waals surface area contributed by atoms with Crippen LogP contribution in [0.5, 0.6) is 5.75 Å². The quantitative estimate of drug-likeness (QED) is 0.0539. The van der Waals surface area contributed by atoms with Crippen LogP contribution >= 0.6 is 11.3 Å². The van der Waals surface area contributed by atoms with E-state index in [-0.39, 0.29) is 17.8 Å². The van der Waals surface area contributed by atoms with Gasteiger partial charge in [-0.1, -0.05) is 62.6 Å². The molecule has 0 atom stereocenters. The third-order valence-electron chi connectivity index (χ3n) is 14.3. The van der Waals surface area contributed by atoms with Gasteiger partial charge < -0.3 is 14.5 Å². The number of piperazine rings is 1. The van der Waals surface area contributed by atoms with Crippen LogP contribution in [-0.2, 0) is 28.9 Å². The van der Waals surface area contributed by atoms with Crippen LogP contribution in [0.15, 0.2) is 131 Å². The minimum absolute atomic E-state index is 0.152. The van der Waals surface area contributed by atoms with E-state index in [2.05, 4.69) is 71.5 Å². The van der Waals surface area contributed by atoms with E-state index in [1.165, 1.54) is 33.7 Å². The number of esters is 1. The Morgan fingerprint density at radius 2 is 1.19 bits per heavy atom. The van der Waals surface area contributed by atoms with Crippen molar-refractivity contribution >= 4 is 46.2 Å². The molecule has 0 unspecified atom stereocenters. The highest BCUT2D eigenvalue weighted by atomic mass is 32.1. The van der Waals surface area contributed by atoms with Gasteiger partial charge in [-0.2, -0.15) is 0 Å². The fourth-order valence-corrected chi connectivity index (χ4v) is 12.3. The molecule has 8 heteroatoms. The summed E-state index contributed by atoms with van der Waals surface area (Å²) in [4.78, 5) is 49.6. The van der Waals surface area contributed by atoms with Crippen molar-refractivity contribution in [3.8, 4) is 16.2 Å². The second-order valence-electron chi connectivity index (χ2n) is 18.5. The van der Waals surface area contributed by atoms with E-state index in [4.69, 9.17) is 4.74 Å². The van der Waals surface area contributed by atoms with E-state index in [1.54, 1.807) is 11.3 Å². The molecule has 4 saturated carbocycles. The fourth-order valence-electron chi connectivity index (χ4n) is 11.4. The molecule has 2 aliphatic heterocycles. The molecule has 3 heterocycles. The van der Waals surface area contributed by atoms with E-state index in [0.29, 0.717) is 46.4 Å². The van der Waals surface area contributed by atoms with E-state index in [1.807, 2.05) is 66.7 Å². The molecule has 6 fully saturated rings. The molecule has 2 saturated heterocycles. The molecule has 0 N–H and O–H groups in total. The van der Waals surface area contributed by atoms with Crippen molar-refractivity contribution in [2.75, 3.05) is 40.9 Å². The van der Waals surface area contributed by atoms with Crippen molar-refractivity contribution in [2.45, 2.75) is 78.1 Å². The molecule has 7 nitrogen and oxygen atoms in total. The Morgan fingerprint density at radius 1 is 0.651 bits per heavy atom. The number of hydrogen-bond donors (Lipinski definition) is 0. The summed E-state index contributed by atoms with van der Waals surface area (Å²) in [5.41, 5.74) is 10.8. The van der Waals surface area contributed by atoms with Gasteiger partial charge in [0.25, 0.3) is 11.8 Å². The first-order valence-corrected chi connectivity index (χ1v) is 24.2. The average molecular weight is 856 g/mol. The molecule has 322 valence electrons. The van der Waals surface area contributed by atoms with Gasteiger partial charge in [0.2, 0.25) is 0 Å². The maximum atomic E-state index is 14.7. The number of allylic oxidation sites excluding steroid dienone is 2. The van der Waals surface area contributed by atoms with Crippen LogP contribution in [0.1, 0.15) is 85.8 Å². The average Bonchev–Trinajstić information content (AvgIpc) is 3.87. The van der Waals surface area contributed by atoms with Crippen molar-refractivity contribution < 1.29 is 19.1 Å². The van der Waals surface area contributed by atoms with Crippen molar-refractivity contribution in [1.82, 2.24) is 0 Å². The SMILES string of the molecule is CCCc1ccc(C(=O)Oc2ccc(-c3cc(CC=C4C(=O)N(c5ccc(N6CCN(c7ccc(CCC)cc7)CC6)cc5)C(=O)C4=C4C5CC6CC(C5)CC4C6)cs3)cc2)cc1. The molecule has 63 heavy (non-hydrogen) atoms. The van der Waals surface area contributed by atoms with Gasteiger partial charge in [-0.25, -0.2) is 9.69 Å². The van der Waals surface area contributed by atoms with Gasteiger partial charge in [0.05, 0.1) is 16.8 Å². The third-order valence-corrected chi connectivity index (χ3v) is 15.3. The molecular formula is C55H57N3O4S. The number of ether oxygens (including phenoxy) is 1. The van der Waals surface area contributed by atoms with E-state index in [9.17, 15) is 14.4 Å². The van der Waals surface area contributed by atoms with E-state index in [0.717, 1.165) is 111 Å². The van der Waals surface area contributed by atoms with Gasteiger partial charge >= 0.3 is 5.97 Å². The molecule has 0 spiro atoms. The molecule has 11 rings (SSSR count). The Bertz CT molecular complexity index is 2510. The number of imide groups is 1. The summed E-state index contributed by atoms with van der Waals surface area (Å²) in [5.74, 6) is 2.06. The highest BCUT2D eigenvalue weighted by molar-refractivity contribution is 7.13. The third kappa shape index (κ3) is 8.42. The largest absolute Gasteiger partial charge is 0.423 e. The molecule has 4 aliphatic carbocycles. The molecule has 2 amide bonds. The van der Waals surface area contributed by atoms with Crippen LogP contribution in [0.4, 0.5) is 17.1 Å². The number of nitrogens with zero attached hydrogens (tertiary/aromatic N) is 3. The summed E-state index contributed by atoms with van der Waals surface area (Å²) in [5, 5.41) is 2.14. The van der Waals surface area contributed by atoms with Crippen molar-refractivity contribution in [2.24, 2.45) is 23.7 Å². The zero-order chi connectivity index (χ0) is 43.0. The second-order valence-corrected chi connectivity index (χ2v) is 19.4. The van der Waals surface area contributed by atoms with E-state index < -0.39 is 0 Å². The Balaban J connectivity index is 0.848. The number of amides is 2. The van der Waals surface area contributed by atoms with Crippen molar-refractivity contribution in [3.63, 3.8) is 0 Å². The Labute approximate surface area is 376 Å². The summed E-state index contributed by atoms with van der Waals surface area (Å²) >= 11 is 1.65. The lowest BCUT2D eigenvalue weighted by molar-refractivity contribution is -0.119. The number of thiophene rings is 1. The van der Waals surface area contributed by atoms with Crippen molar-refractivity contribution in [1.29, 1.82) is 0 Å². The minimum atomic E-state index is -0.371. The summed E-state index contributed by atoms with van der Waals surface area (Å²) in [7, 11) is 0. The maximum Gasteiger partial charge on any atom is 0.343 e. The summed E-state index contributed by atoms with van der Waals surface area (Å²) < 4.78 is 5.69. The first-order valence-electron chi connectivity index (χ1n) is 23.3. The summed E-state index contributed by atoms with van der Waals surface area (Å²) in [6, 6.07) is 34.5. The zero-order valence-corrected chi connectivity index (χ0v) is 37.4. The highest BCUT2D eigenvalue weighted by Gasteiger charge is 2.50. The van der Waals surface area contributed by atoms with Crippen molar-refractivity contribution in [3.05, 3.63) is 154 Å².